The van der Waals surface area contributed by atoms with E-state index < -0.39 is 0 Å². The number of aromatic nitrogens is 3. The van der Waals surface area contributed by atoms with Crippen LogP contribution in [0.25, 0.3) is 10.9 Å². The molecule has 0 saturated carbocycles. The van der Waals surface area contributed by atoms with Gasteiger partial charge in [0.1, 0.15) is 11.4 Å². The topological polar surface area (TPSA) is 103 Å². The van der Waals surface area contributed by atoms with Gasteiger partial charge in [-0.25, -0.2) is 4.98 Å². The summed E-state index contributed by atoms with van der Waals surface area (Å²) in [5, 5.41) is 4.07. The maximum atomic E-state index is 12.6. The third-order valence-corrected chi connectivity index (χ3v) is 5.06. The van der Waals surface area contributed by atoms with Crippen LogP contribution in [-0.2, 0) is 0 Å². The average Bonchev–Trinajstić information content (AvgIpc) is 3.11. The molecule has 146 valence electrons. The molecule has 3 N–H and O–H groups in total. The van der Waals surface area contributed by atoms with Gasteiger partial charge in [-0.2, -0.15) is 0 Å². The minimum Gasteiger partial charge on any atom is -0.497 e. The third-order valence-electron chi connectivity index (χ3n) is 5.06. The second kappa shape index (κ2) is 7.38. The monoisotopic (exact) mass is 381 g/mol. The Balaban J connectivity index is 1.39. The van der Waals surface area contributed by atoms with Crippen molar-refractivity contribution >= 4 is 22.8 Å². The molecule has 2 aromatic heterocycles. The Morgan fingerprint density at radius 1 is 1.21 bits per heavy atom. The molecule has 1 amide bonds. The molecular weight excluding hydrogens is 358 g/mol. The van der Waals surface area contributed by atoms with Crippen molar-refractivity contribution in [2.24, 2.45) is 0 Å². The fraction of sp³-hybridized carbons (Fsp3) is 0.350. The van der Waals surface area contributed by atoms with Gasteiger partial charge in [-0.15, -0.1) is 0 Å². The van der Waals surface area contributed by atoms with Gasteiger partial charge in [0.2, 0.25) is 5.95 Å². The smallest absolute Gasteiger partial charge is 0.267 e. The lowest BCUT2D eigenvalue weighted by Gasteiger charge is -2.32. The van der Waals surface area contributed by atoms with Crippen LogP contribution >= 0.6 is 0 Å². The summed E-state index contributed by atoms with van der Waals surface area (Å²) in [5.74, 6) is 1.23. The molecule has 0 unspecified atom stereocenters. The molecule has 28 heavy (non-hydrogen) atoms. The molecule has 1 aliphatic heterocycles. The zero-order valence-corrected chi connectivity index (χ0v) is 15.9. The van der Waals surface area contributed by atoms with Crippen LogP contribution in [0.3, 0.4) is 0 Å². The lowest BCUT2D eigenvalue weighted by Crippen LogP contribution is -2.45. The van der Waals surface area contributed by atoms with Gasteiger partial charge in [-0.1, -0.05) is 0 Å². The molecule has 0 radical (unpaired) electrons. The van der Waals surface area contributed by atoms with Crippen molar-refractivity contribution < 1.29 is 9.53 Å². The number of fused-ring (bicyclic) bond motifs is 1. The molecule has 4 rings (SSSR count). The fourth-order valence-corrected chi connectivity index (χ4v) is 3.57. The molecule has 1 aromatic carbocycles. The number of nitrogens with zero attached hydrogens (tertiary/aromatic N) is 2. The Labute approximate surface area is 161 Å². The molecule has 0 aliphatic carbocycles. The summed E-state index contributed by atoms with van der Waals surface area (Å²) in [4.78, 5) is 36.7. The molecule has 1 aliphatic rings. The highest BCUT2D eigenvalue weighted by Crippen LogP contribution is 2.22. The number of carbonyl (C=O) groups is 1. The number of ether oxygens (including phenoxy) is 1. The molecule has 3 heterocycles. The van der Waals surface area contributed by atoms with E-state index in [9.17, 15) is 9.59 Å². The molecule has 0 atom stereocenters. The summed E-state index contributed by atoms with van der Waals surface area (Å²) in [6.07, 6.45) is 1.58. The first kappa shape index (κ1) is 18.1. The second-order valence-electron chi connectivity index (χ2n) is 7.08. The Kier molecular flexibility index (Phi) is 4.77. The number of rotatable bonds is 4. The molecule has 1 saturated heterocycles. The lowest BCUT2D eigenvalue weighted by molar-refractivity contribution is 0.0927. The van der Waals surface area contributed by atoms with E-state index >= 15 is 0 Å². The average molecular weight is 381 g/mol. The number of carbonyl (C=O) groups excluding carboxylic acids is 1. The summed E-state index contributed by atoms with van der Waals surface area (Å²) in [5.41, 5.74) is 1.96. The number of H-pyrrole nitrogens is 2. The van der Waals surface area contributed by atoms with Crippen LogP contribution in [0, 0.1) is 6.92 Å². The second-order valence-corrected chi connectivity index (χ2v) is 7.08. The van der Waals surface area contributed by atoms with Crippen LogP contribution in [0.15, 0.2) is 35.1 Å². The van der Waals surface area contributed by atoms with E-state index in [-0.39, 0.29) is 17.5 Å². The van der Waals surface area contributed by atoms with E-state index in [0.29, 0.717) is 17.3 Å². The molecule has 1 fully saturated rings. The van der Waals surface area contributed by atoms with Gasteiger partial charge in [0, 0.05) is 47.9 Å². The van der Waals surface area contributed by atoms with Crippen LogP contribution < -0.4 is 20.5 Å². The van der Waals surface area contributed by atoms with Gasteiger partial charge in [-0.05, 0) is 38.0 Å². The normalized spacial score (nSPS) is 15.0. The van der Waals surface area contributed by atoms with Gasteiger partial charge < -0.3 is 19.9 Å². The number of methoxy groups -OCH3 is 1. The largest absolute Gasteiger partial charge is 0.497 e. The first-order valence-electron chi connectivity index (χ1n) is 9.32. The standard InChI is InChI=1S/C20H23N5O3/c1-12-9-18(26)24-20(21-12)25-7-5-14(6-8-25)22-19(27)17-10-13-3-4-15(28-2)11-16(13)23-17/h3-4,9-11,14,23H,5-8H2,1-2H3,(H,22,27)(H,21,24,26). The minimum absolute atomic E-state index is 0.0845. The van der Waals surface area contributed by atoms with Crippen LogP contribution in [-0.4, -0.2) is 47.1 Å². The predicted octanol–water partition coefficient (Wildman–Crippen LogP) is 1.97. The van der Waals surface area contributed by atoms with Gasteiger partial charge in [0.05, 0.1) is 7.11 Å². The Morgan fingerprint density at radius 2 is 2.00 bits per heavy atom. The lowest BCUT2D eigenvalue weighted by atomic mass is 10.1. The number of nitrogens with one attached hydrogen (secondary N) is 3. The van der Waals surface area contributed by atoms with Crippen LogP contribution in [0.4, 0.5) is 5.95 Å². The van der Waals surface area contributed by atoms with Crippen molar-refractivity contribution in [3.8, 4) is 5.75 Å². The number of benzene rings is 1. The van der Waals surface area contributed by atoms with Crippen molar-refractivity contribution in [2.45, 2.75) is 25.8 Å². The summed E-state index contributed by atoms with van der Waals surface area (Å²) in [6, 6.07) is 9.08. The maximum Gasteiger partial charge on any atom is 0.267 e. The number of aromatic amines is 2. The number of amides is 1. The predicted molar refractivity (Wildman–Crippen MR) is 107 cm³/mol. The van der Waals surface area contributed by atoms with Crippen LogP contribution in [0.5, 0.6) is 5.75 Å². The summed E-state index contributed by atoms with van der Waals surface area (Å²) in [6.45, 7) is 3.25. The zero-order chi connectivity index (χ0) is 19.7. The minimum atomic E-state index is -0.145. The Bertz CT molecular complexity index is 1060. The number of anilines is 1. The van der Waals surface area contributed by atoms with E-state index in [1.807, 2.05) is 36.1 Å². The van der Waals surface area contributed by atoms with Crippen molar-refractivity contribution in [3.63, 3.8) is 0 Å². The van der Waals surface area contributed by atoms with Crippen molar-refractivity contribution in [3.05, 3.63) is 52.1 Å². The molecule has 3 aromatic rings. The van der Waals surface area contributed by atoms with Gasteiger partial charge in [0.15, 0.2) is 0 Å². The highest BCUT2D eigenvalue weighted by molar-refractivity contribution is 5.98. The van der Waals surface area contributed by atoms with Crippen molar-refractivity contribution in [1.82, 2.24) is 20.3 Å². The summed E-state index contributed by atoms with van der Waals surface area (Å²) in [7, 11) is 1.62. The van der Waals surface area contributed by atoms with Crippen LogP contribution in [0.2, 0.25) is 0 Å². The Morgan fingerprint density at radius 3 is 2.71 bits per heavy atom. The first-order chi connectivity index (χ1) is 13.5. The highest BCUT2D eigenvalue weighted by atomic mass is 16.5. The number of aryl methyl sites for hydroxylation is 1. The zero-order valence-electron chi connectivity index (χ0n) is 15.9. The Hall–Kier alpha value is -3.29. The van der Waals surface area contributed by atoms with Crippen LogP contribution in [0.1, 0.15) is 29.0 Å². The van der Waals surface area contributed by atoms with Crippen molar-refractivity contribution in [1.29, 1.82) is 0 Å². The first-order valence-corrected chi connectivity index (χ1v) is 9.32. The van der Waals surface area contributed by atoms with E-state index in [2.05, 4.69) is 20.3 Å². The highest BCUT2D eigenvalue weighted by Gasteiger charge is 2.23. The third kappa shape index (κ3) is 3.71. The van der Waals surface area contributed by atoms with E-state index in [1.54, 1.807) is 7.11 Å². The van der Waals surface area contributed by atoms with Crippen molar-refractivity contribution in [2.75, 3.05) is 25.1 Å². The van der Waals surface area contributed by atoms with E-state index in [0.717, 1.165) is 42.6 Å². The van der Waals surface area contributed by atoms with E-state index in [4.69, 9.17) is 4.74 Å². The SMILES string of the molecule is COc1ccc2cc(C(=O)NC3CCN(c4nc(C)cc(=O)[nH]4)CC3)[nH]c2c1. The van der Waals surface area contributed by atoms with Gasteiger partial charge >= 0.3 is 0 Å². The molecule has 0 bridgehead atoms. The van der Waals surface area contributed by atoms with Gasteiger partial charge in [0.25, 0.3) is 11.5 Å². The number of hydrogen-bond acceptors (Lipinski definition) is 5. The van der Waals surface area contributed by atoms with E-state index in [1.165, 1.54) is 6.07 Å². The quantitative estimate of drug-likeness (QED) is 0.641. The molecule has 0 spiro atoms. The fourth-order valence-electron chi connectivity index (χ4n) is 3.57. The maximum absolute atomic E-state index is 12.6. The molecule has 8 nitrogen and oxygen atoms in total. The summed E-state index contributed by atoms with van der Waals surface area (Å²) >= 11 is 0. The number of piperidine rings is 1. The summed E-state index contributed by atoms with van der Waals surface area (Å²) < 4.78 is 5.22. The number of hydrogen-bond donors (Lipinski definition) is 3. The molecular formula is C20H23N5O3. The van der Waals surface area contributed by atoms with Gasteiger partial charge in [-0.3, -0.25) is 14.6 Å². The molecule has 8 heteroatoms.